The highest BCUT2D eigenvalue weighted by Gasteiger charge is 2.35. The minimum Gasteiger partial charge on any atom is -0.465 e. The van der Waals surface area contributed by atoms with Crippen molar-refractivity contribution in [2.45, 2.75) is 84.5 Å². The molecule has 4 atom stereocenters. The molecule has 6 aromatic heterocycles. The van der Waals surface area contributed by atoms with Crippen molar-refractivity contribution in [3.05, 3.63) is 230 Å². The number of carbonyl (C=O) groups excluding carboxylic acids is 5. The number of ketones is 1. The maximum atomic E-state index is 13.5. The lowest BCUT2D eigenvalue weighted by molar-refractivity contribution is -0.124. The van der Waals surface area contributed by atoms with E-state index >= 15 is 0 Å². The molecule has 0 saturated carbocycles. The normalized spacial score (nSPS) is 16.4. The Labute approximate surface area is 723 Å². The standard InChI is InChI=1S/2C31H37N7O4.C30H37N7O3/c1-19-16-33-31(34-21-15-25(30(40)42-5)20(2)32-17-21)36-28(19)24-10-9-23-22(24)7-6-8-26(23)35-29(39)27(18-41-4)38-13-11-37(3)12-14-38;1-20-16-33-31(34-22-8-7-21(32-17-22)15-23(40)18-39)36-29(20)26-10-9-25-24(26)5-4-6-27(25)35-30(41)28(19-42-3)38-13-11-37(2)12-14-38;1-19-16-32-30(33-21-8-11-25(20(2)38)31-17-21)35-28(19)24-10-9-23-22(24)6-5-7-26(23)34-29(39)27(18-40-4)37-14-12-36(3)13-15-37/h6-8,10,15-17,27H,9,11-14,18H2,1-5H3,(H,35,39)(H,33,34,36);4-8,10,16-17,28,39H,9,11-15,18-19H2,1-3H3,(H,35,41)(H,33,34,36);5-8,10-11,16-17,20,27,38H,9,12-15,18H2,1-4H3,(H,34,39)(H,32,33,35)/t27-;28-;20?,27-/m111/s1. The van der Waals surface area contributed by atoms with Crippen molar-refractivity contribution in [1.29, 1.82) is 0 Å². The summed E-state index contributed by atoms with van der Waals surface area (Å²) < 4.78 is 21.2. The number of hydrogen-bond donors (Lipinski definition) is 8. The largest absolute Gasteiger partial charge is 0.465 e. The molecule has 15 rings (SSSR count). The SMILES string of the molecule is COC[C@H](C(=O)Nc1cccc2c1CC=C2c1nc(Nc2ccc(C(C)O)nc2)ncc1C)N1CCN(C)CC1.COC[C@H](C(=O)Nc1cccc2c1CC=C2c1nc(Nc2ccc(CC(=O)CO)nc2)ncc1C)N1CCN(C)CC1.COC[C@H](C(=O)Nc1cccc2c1CC=C2c1nc(Nc2cnc(C)c(C(=O)OC)c2)ncc1C)N1CCN(C)CC1. The molecule has 6 aliphatic rings. The number of Topliss-reactive ketones (excluding diaryl/α,β-unsaturated/α-hetero) is 1. The zero-order valence-electron chi connectivity index (χ0n) is 72.5. The fourth-order valence-corrected chi connectivity index (χ4v) is 15.9. The third-order valence-electron chi connectivity index (χ3n) is 23.1. The first-order chi connectivity index (χ1) is 60.0. The molecule has 3 aliphatic heterocycles. The number of allylic oxidation sites excluding steroid dienone is 3. The van der Waals surface area contributed by atoms with Gasteiger partial charge in [0, 0.05) is 158 Å². The smallest absolute Gasteiger partial charge is 0.339 e. The minimum absolute atomic E-state index is 0.0480. The number of nitrogens with zero attached hydrogens (tertiary/aromatic N) is 15. The van der Waals surface area contributed by atoms with Gasteiger partial charge in [-0.15, -0.1) is 0 Å². The van der Waals surface area contributed by atoms with Crippen LogP contribution >= 0.6 is 0 Å². The molecule has 32 nitrogen and oxygen atoms in total. The van der Waals surface area contributed by atoms with E-state index in [0.717, 1.165) is 185 Å². The van der Waals surface area contributed by atoms with Gasteiger partial charge < -0.3 is 75.8 Å². The zero-order valence-corrected chi connectivity index (χ0v) is 72.5. The number of hydrogen-bond acceptors (Lipinski definition) is 29. The third kappa shape index (κ3) is 22.0. The Hall–Kier alpha value is -11.9. The van der Waals surface area contributed by atoms with Gasteiger partial charge in [0.1, 0.15) is 24.7 Å². The molecule has 3 fully saturated rings. The number of methoxy groups -OCH3 is 4. The molecule has 32 heteroatoms. The lowest BCUT2D eigenvalue weighted by atomic mass is 9.99. The molecule has 650 valence electrons. The Kier molecular flexibility index (Phi) is 30.4. The van der Waals surface area contributed by atoms with Gasteiger partial charge in [-0.1, -0.05) is 54.6 Å². The molecule has 3 amide bonds. The van der Waals surface area contributed by atoms with Crippen LogP contribution in [0.15, 0.2) is 140 Å². The Bertz CT molecular complexity index is 5410. The summed E-state index contributed by atoms with van der Waals surface area (Å²) in [5.74, 6) is 0.345. The van der Waals surface area contributed by atoms with Gasteiger partial charge in [0.15, 0.2) is 5.78 Å². The number of aryl methyl sites for hydroxylation is 4. The number of nitrogens with one attached hydrogen (secondary N) is 6. The number of pyridine rings is 3. The monoisotopic (exact) mass is 1690 g/mol. The highest BCUT2D eigenvalue weighted by atomic mass is 16.5. The first-order valence-corrected chi connectivity index (χ1v) is 41.7. The molecular formula is C92H111N21O11. The van der Waals surface area contributed by atoms with Crippen molar-refractivity contribution in [3.8, 4) is 0 Å². The van der Waals surface area contributed by atoms with Crippen molar-refractivity contribution in [1.82, 2.24) is 74.3 Å². The molecule has 3 aliphatic carbocycles. The number of aliphatic hydroxyl groups is 2. The predicted molar refractivity (Wildman–Crippen MR) is 477 cm³/mol. The van der Waals surface area contributed by atoms with E-state index in [1.807, 2.05) is 63.2 Å². The van der Waals surface area contributed by atoms with E-state index in [9.17, 15) is 29.1 Å². The summed E-state index contributed by atoms with van der Waals surface area (Å²) in [7, 11) is 12.5. The summed E-state index contributed by atoms with van der Waals surface area (Å²) in [6, 6.07) is 25.7. The molecule has 9 heterocycles. The van der Waals surface area contributed by atoms with Gasteiger partial charge in [0.2, 0.25) is 35.6 Å². The van der Waals surface area contributed by atoms with Crippen molar-refractivity contribution in [3.63, 3.8) is 0 Å². The van der Waals surface area contributed by atoms with Gasteiger partial charge in [-0.05, 0) is 174 Å². The van der Waals surface area contributed by atoms with Crippen LogP contribution < -0.4 is 31.9 Å². The van der Waals surface area contributed by atoms with Crippen LogP contribution in [0.1, 0.15) is 108 Å². The lowest BCUT2D eigenvalue weighted by Crippen LogP contribution is -2.54. The average molecular weight is 1690 g/mol. The van der Waals surface area contributed by atoms with E-state index in [4.69, 9.17) is 39.0 Å². The number of carbonyl (C=O) groups is 5. The molecule has 8 N–H and O–H groups in total. The number of ether oxygens (including phenoxy) is 4. The molecule has 0 radical (unpaired) electrons. The summed E-state index contributed by atoms with van der Waals surface area (Å²) in [6.45, 7) is 20.4. The Morgan fingerprint density at radius 1 is 0.444 bits per heavy atom. The second-order valence-corrected chi connectivity index (χ2v) is 31.8. The highest BCUT2D eigenvalue weighted by molar-refractivity contribution is 6.01. The maximum Gasteiger partial charge on any atom is 0.339 e. The fourth-order valence-electron chi connectivity index (χ4n) is 15.9. The minimum atomic E-state index is -0.627. The molecule has 1 unspecified atom stereocenters. The summed E-state index contributed by atoms with van der Waals surface area (Å²) in [5.41, 5.74) is 21.0. The number of fused-ring (bicyclic) bond motifs is 3. The van der Waals surface area contributed by atoms with Gasteiger partial charge in [-0.2, -0.15) is 0 Å². The predicted octanol–water partition coefficient (Wildman–Crippen LogP) is 8.59. The number of benzene rings is 3. The molecule has 0 bridgehead atoms. The number of esters is 1. The van der Waals surface area contributed by atoms with Crippen molar-refractivity contribution < 1.29 is 53.1 Å². The van der Waals surface area contributed by atoms with Gasteiger partial charge in [0.05, 0.1) is 109 Å². The van der Waals surface area contributed by atoms with E-state index in [2.05, 4.69) is 149 Å². The van der Waals surface area contributed by atoms with Crippen molar-refractivity contribution in [2.24, 2.45) is 0 Å². The van der Waals surface area contributed by atoms with Gasteiger partial charge in [-0.3, -0.25) is 48.8 Å². The van der Waals surface area contributed by atoms with Gasteiger partial charge in [0.25, 0.3) is 0 Å². The molecule has 3 aromatic carbocycles. The van der Waals surface area contributed by atoms with Crippen LogP contribution in [0.3, 0.4) is 0 Å². The summed E-state index contributed by atoms with van der Waals surface area (Å²) in [5, 5.41) is 37.8. The Morgan fingerprint density at radius 3 is 1.14 bits per heavy atom. The van der Waals surface area contributed by atoms with Gasteiger partial charge >= 0.3 is 5.97 Å². The van der Waals surface area contributed by atoms with Crippen molar-refractivity contribution in [2.75, 3.05) is 186 Å². The van der Waals surface area contributed by atoms with E-state index in [-0.39, 0.29) is 48.1 Å². The quantitative estimate of drug-likeness (QED) is 0.0203. The lowest BCUT2D eigenvalue weighted by Gasteiger charge is -2.36. The van der Waals surface area contributed by atoms with Crippen LogP contribution in [0.4, 0.5) is 52.0 Å². The first kappa shape index (κ1) is 89.8. The van der Waals surface area contributed by atoms with Crippen LogP contribution in [0.5, 0.6) is 0 Å². The number of anilines is 9. The molecule has 0 spiro atoms. The number of piperazine rings is 3. The van der Waals surface area contributed by atoms with Gasteiger partial charge in [-0.25, -0.2) is 34.7 Å². The molecule has 3 saturated heterocycles. The topological polar surface area (TPSA) is 370 Å². The third-order valence-corrected chi connectivity index (χ3v) is 23.1. The molecule has 9 aromatic rings. The van der Waals surface area contributed by atoms with Crippen LogP contribution in [-0.4, -0.2) is 287 Å². The van der Waals surface area contributed by atoms with Crippen LogP contribution in [0.25, 0.3) is 16.7 Å². The van der Waals surface area contributed by atoms with Crippen LogP contribution in [0, 0.1) is 27.7 Å². The number of aromatic nitrogens is 9. The first-order valence-electron chi connectivity index (χ1n) is 41.7. The van der Waals surface area contributed by atoms with E-state index in [0.29, 0.717) is 90.9 Å². The number of aliphatic hydroxyl groups excluding tert-OH is 2. The Morgan fingerprint density at radius 2 is 0.806 bits per heavy atom. The fraction of sp³-hybridized carbons (Fsp3) is 0.391. The zero-order chi connectivity index (χ0) is 87.7. The van der Waals surface area contributed by atoms with E-state index < -0.39 is 18.7 Å². The summed E-state index contributed by atoms with van der Waals surface area (Å²) >= 11 is 0. The van der Waals surface area contributed by atoms with Crippen molar-refractivity contribution >= 4 is 98.2 Å². The second-order valence-electron chi connectivity index (χ2n) is 31.8. The van der Waals surface area contributed by atoms with Crippen LogP contribution in [0.2, 0.25) is 0 Å². The Balaban J connectivity index is 0.000000160. The molecular weight excluding hydrogens is 1580 g/mol. The number of rotatable bonds is 29. The highest BCUT2D eigenvalue weighted by Crippen LogP contribution is 2.41. The number of likely N-dealkylation sites (N-methyl/N-ethyl adjacent to an activating group) is 3. The summed E-state index contributed by atoms with van der Waals surface area (Å²) in [4.78, 5) is 118. The summed E-state index contributed by atoms with van der Waals surface area (Å²) in [6.07, 6.45) is 18.2. The average Bonchev–Trinajstić information content (AvgIpc) is 1.67. The maximum absolute atomic E-state index is 13.5. The van der Waals surface area contributed by atoms with E-state index in [1.54, 1.807) is 96.6 Å². The van der Waals surface area contributed by atoms with E-state index in [1.165, 1.54) is 7.11 Å². The number of amides is 3. The molecule has 124 heavy (non-hydrogen) atoms. The van der Waals surface area contributed by atoms with Crippen LogP contribution in [-0.2, 0) is 63.8 Å². The second kappa shape index (κ2) is 42.0.